The minimum Gasteiger partial charge on any atom is -0.394 e. The first-order chi connectivity index (χ1) is 39.1. The van der Waals surface area contributed by atoms with Gasteiger partial charge in [-0.15, -0.1) is 0 Å². The smallest absolute Gasteiger partial charge is 0.394 e. The van der Waals surface area contributed by atoms with Crippen LogP contribution in [0.5, 0.6) is 0 Å². The minimum atomic E-state index is -5.74. The number of phosphoric ester groups is 3. The summed E-state index contributed by atoms with van der Waals surface area (Å²) in [6, 6.07) is 2.06. The number of imidazole rings is 2. The predicted octanol–water partition coefficient (Wildman–Crippen LogP) is -7.01. The molecule has 83 heavy (non-hydrogen) atoms. The summed E-state index contributed by atoms with van der Waals surface area (Å²) in [4.78, 5) is 110. The van der Waals surface area contributed by atoms with Gasteiger partial charge in [-0.3, -0.25) is 65.0 Å². The van der Waals surface area contributed by atoms with Crippen LogP contribution in [0, 0.1) is 0 Å². The minimum absolute atomic E-state index is 0.135. The number of rotatable bonds is 20. The van der Waals surface area contributed by atoms with E-state index in [1.807, 2.05) is 0 Å². The third-order valence-corrected chi connectivity index (χ3v) is 16.1. The summed E-state index contributed by atoms with van der Waals surface area (Å²) < 4.78 is 99.2. The number of aromatic amines is 2. The van der Waals surface area contributed by atoms with Crippen molar-refractivity contribution >= 4 is 69.3 Å². The molecule has 0 bridgehead atoms. The van der Waals surface area contributed by atoms with Gasteiger partial charge in [-0.05, 0) is 6.07 Å². The number of phosphoric acid groups is 3. The first kappa shape index (κ1) is 59.7. The number of nitrogens with zero attached hydrogens (tertiary/aromatic N) is 10. The molecule has 0 radical (unpaired) electrons. The quantitative estimate of drug-likeness (QED) is 0.0316. The van der Waals surface area contributed by atoms with Crippen molar-refractivity contribution in [2.45, 2.75) is 98.2 Å². The zero-order valence-electron chi connectivity index (χ0n) is 41.6. The average Bonchev–Trinajstić information content (AvgIpc) is 4.25. The van der Waals surface area contributed by atoms with E-state index in [-0.39, 0.29) is 39.9 Å². The van der Waals surface area contributed by atoms with Crippen molar-refractivity contribution < 1.29 is 105 Å². The van der Waals surface area contributed by atoms with Crippen molar-refractivity contribution in [2.75, 3.05) is 49.4 Å². The number of aromatic nitrogens is 12. The molecule has 19 atom stereocenters. The number of aliphatic hydroxyl groups is 6. The van der Waals surface area contributed by atoms with Gasteiger partial charge in [0.1, 0.15) is 90.4 Å². The van der Waals surface area contributed by atoms with Crippen LogP contribution >= 0.6 is 23.5 Å². The lowest BCUT2D eigenvalue weighted by molar-refractivity contribution is -0.0643. The normalized spacial score (nSPS) is 32.3. The Morgan fingerprint density at radius 1 is 0.554 bits per heavy atom. The fourth-order valence-electron chi connectivity index (χ4n) is 9.34. The molecule has 0 amide bonds. The van der Waals surface area contributed by atoms with Crippen LogP contribution in [0.4, 0.5) is 23.5 Å². The summed E-state index contributed by atoms with van der Waals surface area (Å²) in [6.07, 6.45) is -26.1. The highest BCUT2D eigenvalue weighted by molar-refractivity contribution is 7.48. The first-order valence-corrected chi connectivity index (χ1v) is 28.4. The number of nitrogens with one attached hydrogen (secondary N) is 2. The molecule has 6 aromatic rings. The Kier molecular flexibility index (Phi) is 16.5. The van der Waals surface area contributed by atoms with Crippen LogP contribution < -0.4 is 45.4 Å². The molecule has 0 aromatic carbocycles. The molecule has 19 N–H and O–H groups in total. The maximum atomic E-state index is 14.0. The molecule has 4 aliphatic heterocycles. The van der Waals surface area contributed by atoms with E-state index in [2.05, 4.69) is 39.9 Å². The fraction of sp³-hybridized carbons (Fsp3) is 0.526. The Hall–Kier alpha value is -6.41. The third kappa shape index (κ3) is 12.0. The molecular formula is C38H49N16O26P3. The highest BCUT2D eigenvalue weighted by atomic mass is 31.2. The maximum Gasteiger partial charge on any atom is 0.472 e. The first-order valence-electron chi connectivity index (χ1n) is 23.9. The van der Waals surface area contributed by atoms with E-state index in [9.17, 15) is 78.2 Å². The lowest BCUT2D eigenvalue weighted by Crippen LogP contribution is -2.38. The second-order valence-corrected chi connectivity index (χ2v) is 22.7. The molecule has 0 aliphatic carbocycles. The molecule has 4 saturated heterocycles. The van der Waals surface area contributed by atoms with Crippen LogP contribution in [0.25, 0.3) is 22.3 Å². The summed E-state index contributed by atoms with van der Waals surface area (Å²) in [7, 11) is -16.8. The number of ether oxygens (including phenoxy) is 4. The van der Waals surface area contributed by atoms with Crippen molar-refractivity contribution in [3.8, 4) is 0 Å². The molecule has 10 rings (SSSR count). The number of fused-ring (bicyclic) bond motifs is 2. The largest absolute Gasteiger partial charge is 0.472 e. The van der Waals surface area contributed by atoms with E-state index in [4.69, 9.17) is 69.0 Å². The number of nitrogens with two attached hydrogens (primary N) is 4. The van der Waals surface area contributed by atoms with Crippen molar-refractivity contribution in [2.24, 2.45) is 0 Å². The van der Waals surface area contributed by atoms with Crippen LogP contribution in [0.3, 0.4) is 0 Å². The van der Waals surface area contributed by atoms with Gasteiger partial charge in [-0.2, -0.15) is 19.9 Å². The summed E-state index contributed by atoms with van der Waals surface area (Å²) in [6.45, 7) is -4.48. The van der Waals surface area contributed by atoms with Gasteiger partial charge in [0.2, 0.25) is 11.9 Å². The van der Waals surface area contributed by atoms with Crippen molar-refractivity contribution in [1.29, 1.82) is 0 Å². The fourth-order valence-corrected chi connectivity index (χ4v) is 12.2. The summed E-state index contributed by atoms with van der Waals surface area (Å²) >= 11 is 0. The van der Waals surface area contributed by atoms with Crippen molar-refractivity contribution in [1.82, 2.24) is 58.1 Å². The van der Waals surface area contributed by atoms with E-state index < -0.39 is 177 Å². The number of hydrogen-bond acceptors (Lipinski definition) is 33. The summed E-state index contributed by atoms with van der Waals surface area (Å²) in [5.74, 6) is -1.42. The molecule has 10 heterocycles. The lowest BCUT2D eigenvalue weighted by Gasteiger charge is -2.26. The van der Waals surface area contributed by atoms with Crippen LogP contribution in [0.2, 0.25) is 0 Å². The third-order valence-electron chi connectivity index (χ3n) is 13.2. The molecular weight excluding hydrogens is 1190 g/mol. The molecule has 0 saturated carbocycles. The molecule has 42 nitrogen and oxygen atoms in total. The van der Waals surface area contributed by atoms with Crippen molar-refractivity contribution in [3.63, 3.8) is 0 Å². The van der Waals surface area contributed by atoms with Crippen LogP contribution in [-0.2, 0) is 59.8 Å². The predicted molar refractivity (Wildman–Crippen MR) is 266 cm³/mol. The van der Waals surface area contributed by atoms with Crippen LogP contribution in [0.15, 0.2) is 56.4 Å². The van der Waals surface area contributed by atoms with Gasteiger partial charge < -0.3 is 87.2 Å². The Morgan fingerprint density at radius 3 is 1.57 bits per heavy atom. The number of nitrogen functional groups attached to an aromatic ring is 4. The molecule has 4 fully saturated rings. The Labute approximate surface area is 458 Å². The van der Waals surface area contributed by atoms with E-state index in [0.717, 1.165) is 49.4 Å². The van der Waals surface area contributed by atoms with E-state index in [0.29, 0.717) is 0 Å². The molecule has 452 valence electrons. The zero-order chi connectivity index (χ0) is 59.8. The molecule has 6 aromatic heterocycles. The van der Waals surface area contributed by atoms with Crippen molar-refractivity contribution in [3.05, 3.63) is 78.9 Å². The van der Waals surface area contributed by atoms with Gasteiger partial charge in [-0.25, -0.2) is 33.3 Å². The van der Waals surface area contributed by atoms with E-state index >= 15 is 0 Å². The van der Waals surface area contributed by atoms with Gasteiger partial charge in [0.05, 0.1) is 39.1 Å². The second kappa shape index (κ2) is 22.9. The highest BCUT2D eigenvalue weighted by Gasteiger charge is 2.55. The number of anilines is 4. The monoisotopic (exact) mass is 1240 g/mol. The van der Waals surface area contributed by atoms with Crippen LogP contribution in [0.1, 0.15) is 24.9 Å². The van der Waals surface area contributed by atoms with Gasteiger partial charge in [-0.1, -0.05) is 0 Å². The Morgan fingerprint density at radius 2 is 1.02 bits per heavy atom. The van der Waals surface area contributed by atoms with Gasteiger partial charge >= 0.3 is 34.8 Å². The number of hydrogen-bond donors (Lipinski definition) is 15. The Bertz CT molecular complexity index is 3810. The molecule has 3 unspecified atom stereocenters. The van der Waals surface area contributed by atoms with Gasteiger partial charge in [0, 0.05) is 18.5 Å². The molecule has 4 aliphatic rings. The van der Waals surface area contributed by atoms with Crippen LogP contribution in [-0.4, -0.2) is 203 Å². The molecule has 0 spiro atoms. The van der Waals surface area contributed by atoms with E-state index in [1.165, 1.54) is 6.07 Å². The number of aliphatic hydroxyl groups excluding tert-OH is 6. The SMILES string of the molecule is Nc1ccn([C@@H]2O[C@H](COP(=O)(O)O[C@H]3[C@@H](O)[C@H](n4cnc5c(N)[nH]c(=O)nc54)O[C@@H]3COP(=O)(O)O[C@H]3[C@@H](O)[C@H](n4ccc(=O)nc4N)O[C@@H]3COP(=O)(O)O[C@H]3[C@@H](O)[C@H](n4cnc5c(=O)[nH]c(N)nc54)O[C@@H]3CO)[C@@H](O)[C@H]2O)c(=O)n1. The number of H-pyrrole nitrogens is 2. The topological polar surface area (TPSA) is 627 Å². The highest BCUT2D eigenvalue weighted by Crippen LogP contribution is 2.54. The molecule has 45 heteroatoms. The zero-order valence-corrected chi connectivity index (χ0v) is 44.3. The summed E-state index contributed by atoms with van der Waals surface area (Å²) in [5.41, 5.74) is 18.5. The second-order valence-electron chi connectivity index (χ2n) is 18.5. The summed E-state index contributed by atoms with van der Waals surface area (Å²) in [5, 5.41) is 66.1. The van der Waals surface area contributed by atoms with E-state index in [1.54, 1.807) is 0 Å². The van der Waals surface area contributed by atoms with Gasteiger partial charge in [0.25, 0.3) is 11.1 Å². The Balaban J connectivity index is 0.862. The lowest BCUT2D eigenvalue weighted by atomic mass is 10.1. The standard InChI is InChI=1S/C38H49N16O26P3/c39-15-1-3-52(38(64)45-15)31-20(58)19(57)12(75-31)6-71-81(65,66)80-26-14(77-34(23(26)61)53-9-43-17-27(40)47-37(63)49-28(17)53)8-73-83(69,70)79-25-13(76-32(22(25)60)51-4-2-16(56)46-36(51)42)7-72-82(67,68)78-24-11(5-55)74-33(21(24)59)54-10-44-18-29(54)48-35(41)50-30(18)62/h1-4,9-14,19-26,31-34,55,57-61H,5-8H2,(H,65,66)(H,67,68)(H,69,70)(H2,39,45,64)(H2,42,46,56)(H3,40,47,49,63)(H3,41,48,50,62)/t11-,12-,13-,14-,19-,20-,21-,22-,23-,24-,25-,26-,31-,32-,33-,34-/m1/s1. The van der Waals surface area contributed by atoms with Gasteiger partial charge in [0.15, 0.2) is 41.7 Å². The average molecular weight is 1240 g/mol. The maximum absolute atomic E-state index is 14.0.